The summed E-state index contributed by atoms with van der Waals surface area (Å²) in [4.78, 5) is 0. The van der Waals surface area contributed by atoms with Gasteiger partial charge in [-0.2, -0.15) is 0 Å². The number of benzene rings is 2. The second kappa shape index (κ2) is 9.04. The van der Waals surface area contributed by atoms with Crippen LogP contribution in [0, 0.1) is 0 Å². The third-order valence-corrected chi connectivity index (χ3v) is 5.16. The van der Waals surface area contributed by atoms with Gasteiger partial charge >= 0.3 is 0 Å². The van der Waals surface area contributed by atoms with Crippen LogP contribution in [0.2, 0.25) is 5.02 Å². The Kier molecular flexibility index (Phi) is 6.73. The highest BCUT2D eigenvalue weighted by molar-refractivity contribution is 6.31. The molecule has 5 nitrogen and oxygen atoms in total. The van der Waals surface area contributed by atoms with E-state index in [4.69, 9.17) is 21.1 Å². The molecule has 146 valence electrons. The van der Waals surface area contributed by atoms with E-state index in [-0.39, 0.29) is 13.0 Å². The smallest absolute Gasteiger partial charge is 0.119 e. The first kappa shape index (κ1) is 20.1. The molecule has 6 heteroatoms. The fraction of sp³-hybridized carbons (Fsp3) is 0.429. The number of halogens is 1. The average molecular weight is 393 g/mol. The van der Waals surface area contributed by atoms with Crippen molar-refractivity contribution in [2.75, 3.05) is 13.2 Å². The van der Waals surface area contributed by atoms with Crippen LogP contribution in [0.5, 0.6) is 5.75 Å². The standard InChI is InChI=1S/C21H25ClO5/c1-2-26-16-6-3-13(4-7-16)9-15-10-14(5-8-17(15)22)21-19(25)11-18(24)20(12-23)27-21/h3-8,10,18-21,23-25H,2,9,11-12H2,1H3/t18-,19+,20?,21?/m0/s1. The number of hydrogen-bond acceptors (Lipinski definition) is 5. The van der Waals surface area contributed by atoms with Crippen molar-refractivity contribution in [3.63, 3.8) is 0 Å². The predicted octanol–water partition coefficient (Wildman–Crippen LogP) is 2.87. The van der Waals surface area contributed by atoms with Crippen LogP contribution in [0.3, 0.4) is 0 Å². The molecule has 0 bridgehead atoms. The van der Waals surface area contributed by atoms with Crippen LogP contribution in [0.15, 0.2) is 42.5 Å². The van der Waals surface area contributed by atoms with E-state index in [1.807, 2.05) is 43.3 Å². The van der Waals surface area contributed by atoms with Gasteiger partial charge in [-0.15, -0.1) is 0 Å². The Morgan fingerprint density at radius 3 is 2.52 bits per heavy atom. The zero-order chi connectivity index (χ0) is 19.4. The molecule has 27 heavy (non-hydrogen) atoms. The van der Waals surface area contributed by atoms with E-state index >= 15 is 0 Å². The second-order valence-corrected chi connectivity index (χ2v) is 7.16. The summed E-state index contributed by atoms with van der Waals surface area (Å²) in [5, 5.41) is 30.2. The highest BCUT2D eigenvalue weighted by atomic mass is 35.5. The lowest BCUT2D eigenvalue weighted by Gasteiger charge is -2.37. The van der Waals surface area contributed by atoms with E-state index < -0.39 is 24.4 Å². The highest BCUT2D eigenvalue weighted by Gasteiger charge is 2.36. The quantitative estimate of drug-likeness (QED) is 0.704. The van der Waals surface area contributed by atoms with Crippen LogP contribution < -0.4 is 4.74 Å². The van der Waals surface area contributed by atoms with Crippen LogP contribution in [-0.2, 0) is 11.2 Å². The summed E-state index contributed by atoms with van der Waals surface area (Å²) in [5.74, 6) is 0.827. The van der Waals surface area contributed by atoms with Crippen molar-refractivity contribution in [2.24, 2.45) is 0 Å². The maximum absolute atomic E-state index is 10.3. The lowest BCUT2D eigenvalue weighted by molar-refractivity contribution is -0.181. The Balaban J connectivity index is 1.79. The van der Waals surface area contributed by atoms with E-state index in [1.165, 1.54) is 0 Å². The summed E-state index contributed by atoms with van der Waals surface area (Å²) in [7, 11) is 0. The Morgan fingerprint density at radius 2 is 1.85 bits per heavy atom. The van der Waals surface area contributed by atoms with Gasteiger partial charge in [0.25, 0.3) is 0 Å². The molecule has 2 unspecified atom stereocenters. The normalized spacial score (nSPS) is 25.4. The van der Waals surface area contributed by atoms with Gasteiger partial charge in [0.05, 0.1) is 25.4 Å². The molecule has 2 aromatic carbocycles. The molecule has 1 heterocycles. The lowest BCUT2D eigenvalue weighted by Crippen LogP contribution is -2.44. The summed E-state index contributed by atoms with van der Waals surface area (Å²) >= 11 is 6.37. The van der Waals surface area contributed by atoms with Crippen molar-refractivity contribution in [2.45, 2.75) is 44.2 Å². The van der Waals surface area contributed by atoms with Crippen LogP contribution in [0.25, 0.3) is 0 Å². The minimum Gasteiger partial charge on any atom is -0.494 e. The van der Waals surface area contributed by atoms with Gasteiger partial charge in [0.1, 0.15) is 18.0 Å². The zero-order valence-electron chi connectivity index (χ0n) is 15.2. The van der Waals surface area contributed by atoms with Gasteiger partial charge in [-0.25, -0.2) is 0 Å². The molecular formula is C21H25ClO5. The molecule has 3 rings (SSSR count). The van der Waals surface area contributed by atoms with Crippen molar-refractivity contribution < 1.29 is 24.8 Å². The van der Waals surface area contributed by atoms with Crippen LogP contribution >= 0.6 is 11.6 Å². The minimum atomic E-state index is -0.878. The largest absolute Gasteiger partial charge is 0.494 e. The highest BCUT2D eigenvalue weighted by Crippen LogP contribution is 2.34. The van der Waals surface area contributed by atoms with E-state index in [1.54, 1.807) is 6.07 Å². The number of rotatable bonds is 6. The molecule has 0 saturated carbocycles. The Labute approximate surface area is 164 Å². The summed E-state index contributed by atoms with van der Waals surface area (Å²) in [5.41, 5.74) is 2.78. The predicted molar refractivity (Wildman–Crippen MR) is 103 cm³/mol. The van der Waals surface area contributed by atoms with Crippen LogP contribution in [0.1, 0.15) is 36.1 Å². The van der Waals surface area contributed by atoms with E-state index in [2.05, 4.69) is 0 Å². The summed E-state index contributed by atoms with van der Waals surface area (Å²) in [6, 6.07) is 13.4. The molecule has 1 saturated heterocycles. The van der Waals surface area contributed by atoms with E-state index in [9.17, 15) is 15.3 Å². The van der Waals surface area contributed by atoms with Crippen molar-refractivity contribution in [1.29, 1.82) is 0 Å². The first-order valence-corrected chi connectivity index (χ1v) is 9.52. The summed E-state index contributed by atoms with van der Waals surface area (Å²) in [6.45, 7) is 2.28. The van der Waals surface area contributed by atoms with Crippen molar-refractivity contribution in [3.8, 4) is 5.75 Å². The van der Waals surface area contributed by atoms with Crippen molar-refractivity contribution in [3.05, 3.63) is 64.2 Å². The van der Waals surface area contributed by atoms with Gasteiger partial charge in [0.15, 0.2) is 0 Å². The van der Waals surface area contributed by atoms with Gasteiger partial charge in [0, 0.05) is 11.4 Å². The topological polar surface area (TPSA) is 79.2 Å². The molecule has 0 spiro atoms. The van der Waals surface area contributed by atoms with Gasteiger partial charge in [-0.05, 0) is 48.2 Å². The number of hydrogen-bond donors (Lipinski definition) is 3. The molecule has 4 atom stereocenters. The fourth-order valence-corrected chi connectivity index (χ4v) is 3.54. The molecule has 1 fully saturated rings. The lowest BCUT2D eigenvalue weighted by atomic mass is 9.92. The molecule has 0 amide bonds. The molecule has 0 aliphatic carbocycles. The monoisotopic (exact) mass is 392 g/mol. The van der Waals surface area contributed by atoms with Gasteiger partial charge in [0.2, 0.25) is 0 Å². The number of aliphatic hydroxyl groups excluding tert-OH is 3. The third kappa shape index (κ3) is 4.81. The van der Waals surface area contributed by atoms with Crippen molar-refractivity contribution >= 4 is 11.6 Å². The summed E-state index contributed by atoms with van der Waals surface area (Å²) < 4.78 is 11.2. The van der Waals surface area contributed by atoms with Crippen LogP contribution in [0.4, 0.5) is 0 Å². The average Bonchev–Trinajstić information content (AvgIpc) is 2.66. The van der Waals surface area contributed by atoms with Gasteiger partial charge < -0.3 is 24.8 Å². The molecule has 2 aromatic rings. The maximum Gasteiger partial charge on any atom is 0.119 e. The van der Waals surface area contributed by atoms with Crippen LogP contribution in [-0.4, -0.2) is 46.8 Å². The molecule has 3 N–H and O–H groups in total. The molecule has 1 aliphatic heterocycles. The number of aliphatic hydroxyl groups is 3. The second-order valence-electron chi connectivity index (χ2n) is 6.75. The molecule has 0 aromatic heterocycles. The summed E-state index contributed by atoms with van der Waals surface area (Å²) in [6.07, 6.45) is -2.24. The Hall–Kier alpha value is -1.63. The van der Waals surface area contributed by atoms with Gasteiger partial charge in [-0.1, -0.05) is 35.9 Å². The van der Waals surface area contributed by atoms with E-state index in [0.29, 0.717) is 18.1 Å². The zero-order valence-corrected chi connectivity index (χ0v) is 16.0. The van der Waals surface area contributed by atoms with Gasteiger partial charge in [-0.3, -0.25) is 0 Å². The Bertz CT molecular complexity index is 749. The SMILES string of the molecule is CCOc1ccc(Cc2cc(C3OC(CO)[C@@H](O)C[C@H]3O)ccc2Cl)cc1. The van der Waals surface area contributed by atoms with Crippen molar-refractivity contribution in [1.82, 2.24) is 0 Å². The number of ether oxygens (including phenoxy) is 2. The molecule has 1 aliphatic rings. The maximum atomic E-state index is 10.3. The molecule has 0 radical (unpaired) electrons. The Morgan fingerprint density at radius 1 is 1.11 bits per heavy atom. The minimum absolute atomic E-state index is 0.159. The molecular weight excluding hydrogens is 368 g/mol. The van der Waals surface area contributed by atoms with E-state index in [0.717, 1.165) is 22.4 Å². The fourth-order valence-electron chi connectivity index (χ4n) is 3.36. The first-order chi connectivity index (χ1) is 13.0. The first-order valence-electron chi connectivity index (χ1n) is 9.14. The third-order valence-electron chi connectivity index (χ3n) is 4.79.